The van der Waals surface area contributed by atoms with E-state index < -0.39 is 35.4 Å². The Kier molecular flexibility index (Phi) is 6.33. The summed E-state index contributed by atoms with van der Waals surface area (Å²) in [5.41, 5.74) is -1.60. The first kappa shape index (κ1) is 22.7. The van der Waals surface area contributed by atoms with Gasteiger partial charge in [-0.05, 0) is 60.4 Å². The minimum absolute atomic E-state index is 0.0647. The van der Waals surface area contributed by atoms with E-state index in [4.69, 9.17) is 4.74 Å². The first-order valence-corrected chi connectivity index (χ1v) is 9.42. The monoisotopic (exact) mass is 443 g/mol. The van der Waals surface area contributed by atoms with Gasteiger partial charge in [0, 0.05) is 12.6 Å². The number of halogens is 6. The molecule has 3 rings (SSSR count). The number of carbonyl (C=O) groups excluding carboxylic acids is 1. The zero-order valence-corrected chi connectivity index (χ0v) is 16.4. The molecule has 0 aliphatic carbocycles. The van der Waals surface area contributed by atoms with Crippen LogP contribution >= 0.6 is 0 Å². The zero-order valence-electron chi connectivity index (χ0n) is 16.4. The quantitative estimate of drug-likeness (QED) is 0.422. The second kappa shape index (κ2) is 8.64. The average Bonchev–Trinajstić information content (AvgIpc) is 3.20. The van der Waals surface area contributed by atoms with Crippen LogP contribution in [0.2, 0.25) is 0 Å². The lowest BCUT2D eigenvalue weighted by atomic mass is 9.97. The number of nitrogens with zero attached hydrogens (tertiary/aromatic N) is 1. The maximum absolute atomic E-state index is 13.5. The average molecular weight is 443 g/mol. The largest absolute Gasteiger partial charge is 0.497 e. The predicted octanol–water partition coefficient (Wildman–Crippen LogP) is 6.11. The molecule has 1 fully saturated rings. The summed E-state index contributed by atoms with van der Waals surface area (Å²) >= 11 is 0. The number of ether oxygens (including phenoxy) is 1. The Balaban J connectivity index is 1.87. The van der Waals surface area contributed by atoms with Gasteiger partial charge in [0.1, 0.15) is 5.75 Å². The topological polar surface area (TPSA) is 29.5 Å². The van der Waals surface area contributed by atoms with E-state index >= 15 is 0 Å². The highest BCUT2D eigenvalue weighted by Gasteiger charge is 2.39. The number of alkyl halides is 6. The number of rotatable bonds is 4. The molecule has 0 saturated carbocycles. The molecule has 3 nitrogen and oxygen atoms in total. The minimum atomic E-state index is -4.60. The highest BCUT2D eigenvalue weighted by atomic mass is 19.4. The summed E-state index contributed by atoms with van der Waals surface area (Å²) in [5.74, 6) is -0.335. The fraction of sp³-hybridized carbons (Fsp3) is 0.318. The molecule has 1 atom stereocenters. The van der Waals surface area contributed by atoms with E-state index in [1.165, 1.54) is 42.4 Å². The summed E-state index contributed by atoms with van der Waals surface area (Å²) in [6.07, 6.45) is -5.98. The molecule has 0 bridgehead atoms. The van der Waals surface area contributed by atoms with E-state index in [2.05, 4.69) is 0 Å². The normalized spacial score (nSPS) is 17.4. The number of hydrogen-bond acceptors (Lipinski definition) is 2. The standard InChI is InChI=1S/C22H19F6NO2/c1-31-16-8-9-18(22(26,27)28)17(13-16)19-6-3-11-29(19)20(30)10-7-14-4-2-5-15(12-14)21(23,24)25/h2,4-5,7-10,12-13,19H,3,6,11H2,1H3/b10-7+. The molecule has 0 radical (unpaired) electrons. The molecule has 1 amide bonds. The van der Waals surface area contributed by atoms with E-state index in [0.717, 1.165) is 24.3 Å². The molecule has 9 heteroatoms. The summed E-state index contributed by atoms with van der Waals surface area (Å²) in [4.78, 5) is 14.0. The molecule has 31 heavy (non-hydrogen) atoms. The van der Waals surface area contributed by atoms with Crippen LogP contribution in [0.15, 0.2) is 48.5 Å². The third-order valence-electron chi connectivity index (χ3n) is 5.09. The van der Waals surface area contributed by atoms with Crippen LogP contribution in [0.5, 0.6) is 5.75 Å². The molecule has 1 heterocycles. The van der Waals surface area contributed by atoms with Crippen molar-refractivity contribution >= 4 is 12.0 Å². The van der Waals surface area contributed by atoms with Crippen molar-refractivity contribution in [3.05, 3.63) is 70.8 Å². The summed E-state index contributed by atoms with van der Waals surface area (Å²) in [7, 11) is 1.34. The number of carbonyl (C=O) groups is 1. The SMILES string of the molecule is COc1ccc(C(F)(F)F)c(C2CCCN2C(=O)/C=C/c2cccc(C(F)(F)F)c2)c1. The van der Waals surface area contributed by atoms with Crippen LogP contribution in [0, 0.1) is 0 Å². The van der Waals surface area contributed by atoms with Crippen molar-refractivity contribution in [2.45, 2.75) is 31.2 Å². The maximum Gasteiger partial charge on any atom is 0.416 e. The van der Waals surface area contributed by atoms with Crippen molar-refractivity contribution in [2.24, 2.45) is 0 Å². The second-order valence-corrected chi connectivity index (χ2v) is 7.10. The second-order valence-electron chi connectivity index (χ2n) is 7.10. The van der Waals surface area contributed by atoms with Crippen LogP contribution in [0.3, 0.4) is 0 Å². The molecular formula is C22H19F6NO2. The third-order valence-corrected chi connectivity index (χ3v) is 5.09. The Morgan fingerprint density at radius 2 is 1.81 bits per heavy atom. The van der Waals surface area contributed by atoms with Gasteiger partial charge in [0.05, 0.1) is 24.3 Å². The van der Waals surface area contributed by atoms with Gasteiger partial charge in [-0.1, -0.05) is 12.1 Å². The van der Waals surface area contributed by atoms with Crippen LogP contribution < -0.4 is 4.74 Å². The van der Waals surface area contributed by atoms with Crippen LogP contribution in [0.1, 0.15) is 41.1 Å². The van der Waals surface area contributed by atoms with E-state index in [9.17, 15) is 31.1 Å². The Bertz CT molecular complexity index is 981. The number of benzene rings is 2. The van der Waals surface area contributed by atoms with Gasteiger partial charge in [-0.25, -0.2) is 0 Å². The lowest BCUT2D eigenvalue weighted by Crippen LogP contribution is -2.30. The lowest BCUT2D eigenvalue weighted by Gasteiger charge is -2.27. The molecule has 0 spiro atoms. The Morgan fingerprint density at radius 3 is 2.45 bits per heavy atom. The molecule has 1 unspecified atom stereocenters. The van der Waals surface area contributed by atoms with Gasteiger partial charge in [0.15, 0.2) is 0 Å². The first-order chi connectivity index (χ1) is 14.5. The maximum atomic E-state index is 13.5. The smallest absolute Gasteiger partial charge is 0.416 e. The van der Waals surface area contributed by atoms with E-state index in [1.807, 2.05) is 0 Å². The number of amides is 1. The third kappa shape index (κ3) is 5.21. The summed E-state index contributed by atoms with van der Waals surface area (Å²) in [6, 6.07) is 7.03. The van der Waals surface area contributed by atoms with E-state index in [1.54, 1.807) is 0 Å². The van der Waals surface area contributed by atoms with Crippen LogP contribution in [-0.4, -0.2) is 24.5 Å². The van der Waals surface area contributed by atoms with Gasteiger partial charge in [0.25, 0.3) is 0 Å². The Labute approximate surface area is 174 Å². The Hall–Kier alpha value is -2.97. The Morgan fingerprint density at radius 1 is 1.06 bits per heavy atom. The van der Waals surface area contributed by atoms with Crippen LogP contribution in [0.25, 0.3) is 6.08 Å². The summed E-state index contributed by atoms with van der Waals surface area (Å²) < 4.78 is 84.1. The minimum Gasteiger partial charge on any atom is -0.497 e. The molecule has 166 valence electrons. The molecule has 1 aliphatic rings. The molecule has 2 aromatic rings. The highest BCUT2D eigenvalue weighted by molar-refractivity contribution is 5.92. The summed E-state index contributed by atoms with van der Waals surface area (Å²) in [6.45, 7) is 0.241. The highest BCUT2D eigenvalue weighted by Crippen LogP contribution is 2.42. The fourth-order valence-corrected chi connectivity index (χ4v) is 3.64. The molecule has 1 aliphatic heterocycles. The van der Waals surface area contributed by atoms with Crippen molar-refractivity contribution in [1.29, 1.82) is 0 Å². The molecule has 1 saturated heterocycles. The van der Waals surface area contributed by atoms with Crippen molar-refractivity contribution in [3.8, 4) is 5.75 Å². The number of methoxy groups -OCH3 is 1. The summed E-state index contributed by atoms with van der Waals surface area (Å²) in [5, 5.41) is 0. The van der Waals surface area contributed by atoms with Crippen molar-refractivity contribution < 1.29 is 35.9 Å². The predicted molar refractivity (Wildman–Crippen MR) is 102 cm³/mol. The number of likely N-dealkylation sites (tertiary alicyclic amines) is 1. The first-order valence-electron chi connectivity index (χ1n) is 9.42. The van der Waals surface area contributed by atoms with E-state index in [0.29, 0.717) is 12.8 Å². The van der Waals surface area contributed by atoms with Crippen LogP contribution in [-0.2, 0) is 17.1 Å². The lowest BCUT2D eigenvalue weighted by molar-refractivity contribution is -0.139. The van der Waals surface area contributed by atoms with Gasteiger partial charge in [-0.3, -0.25) is 4.79 Å². The molecule has 0 N–H and O–H groups in total. The zero-order chi connectivity index (χ0) is 22.8. The molecule has 0 aromatic heterocycles. The number of hydrogen-bond donors (Lipinski definition) is 0. The van der Waals surface area contributed by atoms with Gasteiger partial charge >= 0.3 is 12.4 Å². The fourth-order valence-electron chi connectivity index (χ4n) is 3.64. The van der Waals surface area contributed by atoms with Crippen molar-refractivity contribution in [2.75, 3.05) is 13.7 Å². The van der Waals surface area contributed by atoms with E-state index in [-0.39, 0.29) is 23.4 Å². The van der Waals surface area contributed by atoms with Gasteiger partial charge in [-0.2, -0.15) is 26.3 Å². The van der Waals surface area contributed by atoms with Gasteiger partial charge < -0.3 is 9.64 Å². The van der Waals surface area contributed by atoms with Crippen LogP contribution in [0.4, 0.5) is 26.3 Å². The van der Waals surface area contributed by atoms with Crippen molar-refractivity contribution in [3.63, 3.8) is 0 Å². The van der Waals surface area contributed by atoms with Gasteiger partial charge in [-0.15, -0.1) is 0 Å². The molecule has 2 aromatic carbocycles. The van der Waals surface area contributed by atoms with Gasteiger partial charge in [0.2, 0.25) is 5.91 Å². The van der Waals surface area contributed by atoms with Crippen molar-refractivity contribution in [1.82, 2.24) is 4.90 Å². The molecular weight excluding hydrogens is 424 g/mol.